The number of rotatable bonds is 4. The molecule has 0 saturated carbocycles. The van der Waals surface area contributed by atoms with Crippen LogP contribution in [0.15, 0.2) is 24.3 Å². The number of piperidine rings is 1. The fourth-order valence-corrected chi connectivity index (χ4v) is 3.03. The van der Waals surface area contributed by atoms with Gasteiger partial charge in [0.05, 0.1) is 6.07 Å². The summed E-state index contributed by atoms with van der Waals surface area (Å²) in [5.41, 5.74) is 2.05. The zero-order valence-corrected chi connectivity index (χ0v) is 13.8. The second-order valence-corrected chi connectivity index (χ2v) is 6.79. The van der Waals surface area contributed by atoms with Crippen LogP contribution in [0.25, 0.3) is 0 Å². The first-order chi connectivity index (χ1) is 9.94. The van der Waals surface area contributed by atoms with Crippen molar-refractivity contribution in [2.75, 3.05) is 32.1 Å². The Morgan fingerprint density at radius 2 is 1.81 bits per heavy atom. The Morgan fingerprint density at radius 1 is 1.24 bits per heavy atom. The zero-order chi connectivity index (χ0) is 15.5. The van der Waals surface area contributed by atoms with Gasteiger partial charge in [-0.3, -0.25) is 4.90 Å². The van der Waals surface area contributed by atoms with Gasteiger partial charge in [0.25, 0.3) is 0 Å². The van der Waals surface area contributed by atoms with Gasteiger partial charge in [0, 0.05) is 26.2 Å². The minimum Gasteiger partial charge on any atom is -0.378 e. The highest BCUT2D eigenvalue weighted by molar-refractivity contribution is 5.46. The molecule has 114 valence electrons. The molecule has 0 N–H and O–H groups in total. The average molecular weight is 285 g/mol. The molecule has 1 atom stereocenters. The molecule has 1 aromatic carbocycles. The first-order valence-electron chi connectivity index (χ1n) is 7.87. The van der Waals surface area contributed by atoms with Gasteiger partial charge in [-0.2, -0.15) is 5.26 Å². The molecule has 0 bridgehead atoms. The predicted molar refractivity (Wildman–Crippen MR) is 88.5 cm³/mol. The maximum absolute atomic E-state index is 9.71. The highest BCUT2D eigenvalue weighted by atomic mass is 15.2. The molecular formula is C18H27N3. The van der Waals surface area contributed by atoms with E-state index in [1.807, 2.05) is 14.1 Å². The van der Waals surface area contributed by atoms with Gasteiger partial charge in [0.15, 0.2) is 0 Å². The number of nitrogens with zero attached hydrogens (tertiary/aromatic N) is 3. The van der Waals surface area contributed by atoms with E-state index in [0.717, 1.165) is 25.4 Å². The second-order valence-electron chi connectivity index (χ2n) is 6.79. The number of hydrogen-bond donors (Lipinski definition) is 0. The van der Waals surface area contributed by atoms with Crippen molar-refractivity contribution in [3.05, 3.63) is 29.8 Å². The van der Waals surface area contributed by atoms with E-state index in [1.54, 1.807) is 0 Å². The molecule has 1 aliphatic heterocycles. The van der Waals surface area contributed by atoms with Gasteiger partial charge in [-0.25, -0.2) is 0 Å². The van der Waals surface area contributed by atoms with E-state index in [4.69, 9.17) is 0 Å². The molecule has 0 amide bonds. The lowest BCUT2D eigenvalue weighted by molar-refractivity contribution is 0.103. The minimum atomic E-state index is -0.389. The Labute approximate surface area is 129 Å². The van der Waals surface area contributed by atoms with Gasteiger partial charge in [0.1, 0.15) is 5.54 Å². The molecule has 1 aliphatic rings. The summed E-state index contributed by atoms with van der Waals surface area (Å²) in [5.74, 6) is 0.795. The van der Waals surface area contributed by atoms with Crippen LogP contribution in [0.2, 0.25) is 0 Å². The second kappa shape index (κ2) is 6.49. The lowest BCUT2D eigenvalue weighted by Gasteiger charge is -2.40. The Morgan fingerprint density at radius 3 is 2.29 bits per heavy atom. The molecule has 1 heterocycles. The van der Waals surface area contributed by atoms with Crippen LogP contribution in [-0.4, -0.2) is 37.6 Å². The zero-order valence-electron chi connectivity index (χ0n) is 13.8. The predicted octanol–water partition coefficient (Wildman–Crippen LogP) is 3.31. The van der Waals surface area contributed by atoms with E-state index >= 15 is 0 Å². The lowest BCUT2D eigenvalue weighted by Crippen LogP contribution is -2.50. The SMILES string of the molecule is CC1CCN(C(C)(C#N)Cc2ccc(N(C)C)cc2)CC1. The first-order valence-corrected chi connectivity index (χ1v) is 7.87. The van der Waals surface area contributed by atoms with Crippen molar-refractivity contribution in [2.24, 2.45) is 5.92 Å². The van der Waals surface area contributed by atoms with Crippen LogP contribution < -0.4 is 4.90 Å². The molecule has 0 aliphatic carbocycles. The molecule has 0 aromatic heterocycles. The van der Waals surface area contributed by atoms with Gasteiger partial charge in [-0.15, -0.1) is 0 Å². The van der Waals surface area contributed by atoms with Crippen LogP contribution in [0.3, 0.4) is 0 Å². The van der Waals surface area contributed by atoms with Crippen molar-refractivity contribution >= 4 is 5.69 Å². The fourth-order valence-electron chi connectivity index (χ4n) is 3.03. The van der Waals surface area contributed by atoms with Crippen LogP contribution in [0, 0.1) is 17.2 Å². The van der Waals surface area contributed by atoms with Gasteiger partial charge in [0.2, 0.25) is 0 Å². The molecule has 0 radical (unpaired) electrons. The van der Waals surface area contributed by atoms with Crippen molar-refractivity contribution in [2.45, 2.75) is 38.6 Å². The number of nitriles is 1. The van der Waals surface area contributed by atoms with Gasteiger partial charge < -0.3 is 4.90 Å². The first kappa shape index (κ1) is 15.9. The van der Waals surface area contributed by atoms with E-state index in [9.17, 15) is 5.26 Å². The van der Waals surface area contributed by atoms with Crippen molar-refractivity contribution in [3.8, 4) is 6.07 Å². The third kappa shape index (κ3) is 3.77. The maximum atomic E-state index is 9.71. The number of likely N-dealkylation sites (tertiary alicyclic amines) is 1. The van der Waals surface area contributed by atoms with Crippen LogP contribution in [0.4, 0.5) is 5.69 Å². The summed E-state index contributed by atoms with van der Waals surface area (Å²) in [5, 5.41) is 9.71. The van der Waals surface area contributed by atoms with E-state index in [0.29, 0.717) is 0 Å². The van der Waals surface area contributed by atoms with Crippen LogP contribution in [0.1, 0.15) is 32.3 Å². The van der Waals surface area contributed by atoms with Crippen molar-refractivity contribution in [1.29, 1.82) is 5.26 Å². The normalized spacial score (nSPS) is 19.8. The summed E-state index contributed by atoms with van der Waals surface area (Å²) in [6, 6.07) is 11.1. The van der Waals surface area contributed by atoms with Gasteiger partial charge in [-0.05, 0) is 56.5 Å². The third-order valence-corrected chi connectivity index (χ3v) is 4.72. The summed E-state index contributed by atoms with van der Waals surface area (Å²) in [4.78, 5) is 4.46. The monoisotopic (exact) mass is 285 g/mol. The number of benzene rings is 1. The minimum absolute atomic E-state index is 0.389. The molecule has 3 nitrogen and oxygen atoms in total. The van der Waals surface area contributed by atoms with Crippen molar-refractivity contribution < 1.29 is 0 Å². The lowest BCUT2D eigenvalue weighted by atomic mass is 9.88. The molecule has 1 unspecified atom stereocenters. The van der Waals surface area contributed by atoms with Crippen LogP contribution in [0.5, 0.6) is 0 Å². The molecule has 1 saturated heterocycles. The van der Waals surface area contributed by atoms with Gasteiger partial charge >= 0.3 is 0 Å². The molecule has 0 spiro atoms. The smallest absolute Gasteiger partial charge is 0.110 e. The summed E-state index contributed by atoms with van der Waals surface area (Å²) in [6.45, 7) is 6.48. The van der Waals surface area contributed by atoms with Crippen molar-refractivity contribution in [1.82, 2.24) is 4.90 Å². The van der Waals surface area contributed by atoms with Crippen LogP contribution in [-0.2, 0) is 6.42 Å². The highest BCUT2D eigenvalue weighted by Crippen LogP contribution is 2.27. The molecule has 1 aromatic rings. The van der Waals surface area contributed by atoms with E-state index in [-0.39, 0.29) is 5.54 Å². The fraction of sp³-hybridized carbons (Fsp3) is 0.611. The summed E-state index contributed by atoms with van der Waals surface area (Å²) in [6.07, 6.45) is 3.21. The Hall–Kier alpha value is -1.53. The van der Waals surface area contributed by atoms with Gasteiger partial charge in [-0.1, -0.05) is 19.1 Å². The Balaban J connectivity index is 2.09. The maximum Gasteiger partial charge on any atom is 0.110 e. The highest BCUT2D eigenvalue weighted by Gasteiger charge is 2.34. The summed E-state index contributed by atoms with van der Waals surface area (Å²) >= 11 is 0. The van der Waals surface area contributed by atoms with E-state index in [2.05, 4.69) is 54.0 Å². The van der Waals surface area contributed by atoms with Crippen LogP contribution >= 0.6 is 0 Å². The molecule has 21 heavy (non-hydrogen) atoms. The molecule has 2 rings (SSSR count). The summed E-state index contributed by atoms with van der Waals surface area (Å²) < 4.78 is 0. The average Bonchev–Trinajstić information content (AvgIpc) is 2.48. The summed E-state index contributed by atoms with van der Waals surface area (Å²) in [7, 11) is 4.09. The quantitative estimate of drug-likeness (QED) is 0.850. The third-order valence-electron chi connectivity index (χ3n) is 4.72. The van der Waals surface area contributed by atoms with E-state index < -0.39 is 0 Å². The Kier molecular flexibility index (Phi) is 4.90. The van der Waals surface area contributed by atoms with Crippen molar-refractivity contribution in [3.63, 3.8) is 0 Å². The molecule has 3 heteroatoms. The standard InChI is InChI=1S/C18H27N3/c1-15-9-11-21(12-10-15)18(2,14-19)13-16-5-7-17(8-6-16)20(3)4/h5-8,15H,9-13H2,1-4H3. The molecular weight excluding hydrogens is 258 g/mol. The number of hydrogen-bond acceptors (Lipinski definition) is 3. The van der Waals surface area contributed by atoms with E-state index in [1.165, 1.54) is 24.1 Å². The topological polar surface area (TPSA) is 30.3 Å². The Bertz CT molecular complexity index is 492. The molecule has 1 fully saturated rings. The largest absolute Gasteiger partial charge is 0.378 e. The number of anilines is 1.